The molecule has 0 radical (unpaired) electrons. The van der Waals surface area contributed by atoms with Gasteiger partial charge in [0.15, 0.2) is 18.9 Å². The molecule has 3 fully saturated rings. The average Bonchev–Trinajstić information content (AvgIpc) is 3.57. The van der Waals surface area contributed by atoms with Gasteiger partial charge in [0.05, 0.1) is 38.6 Å². The molecule has 0 aromatic heterocycles. The fourth-order valence-electron chi connectivity index (χ4n) is 10.6. The van der Waals surface area contributed by atoms with Crippen molar-refractivity contribution in [2.45, 2.75) is 311 Å². The first-order valence-electron chi connectivity index (χ1n) is 32.0. The Morgan fingerprint density at radius 2 is 0.831 bits per heavy atom. The summed E-state index contributed by atoms with van der Waals surface area (Å²) in [6, 6.07) is -0.892. The Bertz CT molecular complexity index is 1750. The highest BCUT2D eigenvalue weighted by molar-refractivity contribution is 5.76. The van der Waals surface area contributed by atoms with E-state index in [0.29, 0.717) is 12.8 Å². The third-order valence-corrected chi connectivity index (χ3v) is 15.9. The Balaban J connectivity index is 1.44. The normalized spacial score (nSPS) is 29.8. The summed E-state index contributed by atoms with van der Waals surface area (Å²) >= 11 is 0. The molecule has 0 saturated carbocycles. The van der Waals surface area contributed by atoms with Gasteiger partial charge in [-0.1, -0.05) is 203 Å². The smallest absolute Gasteiger partial charge is 0.220 e. The maximum absolute atomic E-state index is 13.4. The van der Waals surface area contributed by atoms with Crippen LogP contribution in [-0.2, 0) is 33.2 Å². The lowest BCUT2D eigenvalue weighted by atomic mass is 9.96. The molecule has 3 aliphatic rings. The maximum atomic E-state index is 13.4. The lowest BCUT2D eigenvalue weighted by Crippen LogP contribution is -2.66. The first kappa shape index (κ1) is 74.7. The van der Waals surface area contributed by atoms with E-state index in [1.54, 1.807) is 0 Å². The lowest BCUT2D eigenvalue weighted by Gasteiger charge is -2.48. The van der Waals surface area contributed by atoms with Gasteiger partial charge in [-0.3, -0.25) is 4.79 Å². The van der Waals surface area contributed by atoms with E-state index in [2.05, 4.69) is 79.9 Å². The number of allylic oxidation sites excluding steroid dienone is 10. The van der Waals surface area contributed by atoms with E-state index in [1.807, 2.05) is 0 Å². The van der Waals surface area contributed by atoms with Gasteiger partial charge in [-0.05, 0) is 57.8 Å². The van der Waals surface area contributed by atoms with E-state index in [9.17, 15) is 61.0 Å². The molecule has 482 valence electrons. The summed E-state index contributed by atoms with van der Waals surface area (Å²) in [5.41, 5.74) is 0. The van der Waals surface area contributed by atoms with Gasteiger partial charge < -0.3 is 89.9 Å². The van der Waals surface area contributed by atoms with E-state index in [4.69, 9.17) is 28.4 Å². The molecule has 19 heteroatoms. The Hall–Kier alpha value is -2.51. The summed E-state index contributed by atoms with van der Waals surface area (Å²) in [6.45, 7) is 1.66. The highest BCUT2D eigenvalue weighted by Gasteiger charge is 2.53. The second-order valence-electron chi connectivity index (χ2n) is 22.8. The van der Waals surface area contributed by atoms with Crippen LogP contribution in [0.4, 0.5) is 0 Å². The van der Waals surface area contributed by atoms with Gasteiger partial charge in [-0.15, -0.1) is 0 Å². The van der Waals surface area contributed by atoms with Gasteiger partial charge in [-0.25, -0.2) is 0 Å². The summed E-state index contributed by atoms with van der Waals surface area (Å²) in [7, 11) is 0. The monoisotopic (exact) mass is 1180 g/mol. The minimum Gasteiger partial charge on any atom is -0.394 e. The standard InChI is InChI=1S/C64H113NO18/c1-3-5-7-9-11-13-15-17-18-19-20-21-22-23-24-25-26-27-28-30-32-34-36-38-40-42-52(70)65-47(48(69)41-39-37-35-33-31-29-16-14-12-10-8-6-4-2)46-78-62-58(76)55(73)60(50(44-67)80-62)83-64-59(77)56(74)61(51(45-68)81-64)82-63-57(75)54(72)53(71)49(43-66)79-63/h5,7,11,13,17-18,20-21,23-24,47-51,53-64,66-69,71-77H,3-4,6,8-10,12,14-16,19,22,25-46H2,1-2H3,(H,65,70)/b7-5-,13-11-,18-17-,21-20-,24-23-. The molecule has 0 aliphatic carbocycles. The lowest BCUT2D eigenvalue weighted by molar-refractivity contribution is -0.379. The van der Waals surface area contributed by atoms with Crippen molar-refractivity contribution in [2.75, 3.05) is 26.4 Å². The van der Waals surface area contributed by atoms with Crippen LogP contribution in [0.1, 0.15) is 206 Å². The van der Waals surface area contributed by atoms with Crippen LogP contribution in [-0.4, -0.2) is 193 Å². The van der Waals surface area contributed by atoms with Crippen LogP contribution < -0.4 is 5.32 Å². The van der Waals surface area contributed by atoms with Crippen molar-refractivity contribution in [1.29, 1.82) is 0 Å². The molecule has 83 heavy (non-hydrogen) atoms. The molecule has 3 saturated heterocycles. The molecule has 0 bridgehead atoms. The predicted octanol–water partition coefficient (Wildman–Crippen LogP) is 6.82. The fraction of sp³-hybridized carbons (Fsp3) is 0.828. The van der Waals surface area contributed by atoms with Crippen molar-refractivity contribution < 1.29 is 89.4 Å². The van der Waals surface area contributed by atoms with Gasteiger partial charge in [0.1, 0.15) is 73.2 Å². The third-order valence-electron chi connectivity index (χ3n) is 15.9. The Kier molecular flexibility index (Phi) is 42.0. The van der Waals surface area contributed by atoms with Gasteiger partial charge in [-0.2, -0.15) is 0 Å². The summed E-state index contributed by atoms with van der Waals surface area (Å²) in [4.78, 5) is 13.4. The summed E-state index contributed by atoms with van der Waals surface area (Å²) in [5, 5.41) is 120. The highest BCUT2D eigenvalue weighted by atomic mass is 16.8. The molecular weight excluding hydrogens is 1070 g/mol. The van der Waals surface area contributed by atoms with E-state index < -0.39 is 124 Å². The van der Waals surface area contributed by atoms with Gasteiger partial charge in [0.2, 0.25) is 5.91 Å². The van der Waals surface area contributed by atoms with Crippen molar-refractivity contribution in [1.82, 2.24) is 5.32 Å². The largest absolute Gasteiger partial charge is 0.394 e. The average molecular weight is 1180 g/mol. The first-order chi connectivity index (χ1) is 40.3. The fourth-order valence-corrected chi connectivity index (χ4v) is 10.6. The summed E-state index contributed by atoms with van der Waals surface area (Å²) in [5.74, 6) is -0.252. The number of rotatable bonds is 47. The van der Waals surface area contributed by atoms with E-state index >= 15 is 0 Å². The van der Waals surface area contributed by atoms with Crippen LogP contribution in [0.5, 0.6) is 0 Å². The molecule has 12 N–H and O–H groups in total. The summed E-state index contributed by atoms with van der Waals surface area (Å²) < 4.78 is 34.3. The number of amides is 1. The van der Waals surface area contributed by atoms with Crippen LogP contribution in [0.3, 0.4) is 0 Å². The molecule has 0 aromatic rings. The Labute approximate surface area is 496 Å². The van der Waals surface area contributed by atoms with Crippen LogP contribution >= 0.6 is 0 Å². The summed E-state index contributed by atoms with van der Waals surface area (Å²) in [6.07, 6.45) is 27.3. The SMILES string of the molecule is CC/C=C\C/C=C\C/C=C\C/C=C\C/C=C\CCCCCCCCCCCC(=O)NC(COC1OC(CO)C(OC2OC(CO)C(OC3OC(CO)C(O)C(O)C3O)C(O)C2O)C(O)C1O)C(O)CCCCCCCCCCCCCCC. The second kappa shape index (κ2) is 46.6. The van der Waals surface area contributed by atoms with Crippen LogP contribution in [0.15, 0.2) is 60.8 Å². The molecule has 3 rings (SSSR count). The Morgan fingerprint density at radius 3 is 1.30 bits per heavy atom. The molecule has 17 unspecified atom stereocenters. The van der Waals surface area contributed by atoms with Crippen molar-refractivity contribution in [3.05, 3.63) is 60.8 Å². The molecular formula is C64H113NO18. The van der Waals surface area contributed by atoms with E-state index in [0.717, 1.165) is 89.9 Å². The zero-order valence-corrected chi connectivity index (χ0v) is 50.4. The highest BCUT2D eigenvalue weighted by Crippen LogP contribution is 2.33. The van der Waals surface area contributed by atoms with Crippen LogP contribution in [0.25, 0.3) is 0 Å². The molecule has 0 spiro atoms. The minimum absolute atomic E-state index is 0.252. The number of unbranched alkanes of at least 4 members (excludes halogenated alkanes) is 21. The zero-order chi connectivity index (χ0) is 60.5. The molecule has 17 atom stereocenters. The van der Waals surface area contributed by atoms with Crippen molar-refractivity contribution in [3.63, 3.8) is 0 Å². The number of aliphatic hydroxyl groups is 11. The number of hydrogen-bond acceptors (Lipinski definition) is 18. The quantitative estimate of drug-likeness (QED) is 0.0220. The van der Waals surface area contributed by atoms with Crippen LogP contribution in [0, 0.1) is 0 Å². The Morgan fingerprint density at radius 1 is 0.446 bits per heavy atom. The first-order valence-corrected chi connectivity index (χ1v) is 32.0. The van der Waals surface area contributed by atoms with Crippen molar-refractivity contribution in [2.24, 2.45) is 0 Å². The number of aliphatic hydroxyl groups excluding tert-OH is 11. The molecule has 1 amide bonds. The van der Waals surface area contributed by atoms with Gasteiger partial charge >= 0.3 is 0 Å². The number of nitrogens with one attached hydrogen (secondary N) is 1. The predicted molar refractivity (Wildman–Crippen MR) is 318 cm³/mol. The number of ether oxygens (including phenoxy) is 6. The second-order valence-corrected chi connectivity index (χ2v) is 22.8. The third kappa shape index (κ3) is 29.8. The zero-order valence-electron chi connectivity index (χ0n) is 50.4. The maximum Gasteiger partial charge on any atom is 0.220 e. The van der Waals surface area contributed by atoms with Crippen molar-refractivity contribution in [3.8, 4) is 0 Å². The topological polar surface area (TPSA) is 307 Å². The van der Waals surface area contributed by atoms with Gasteiger partial charge in [0, 0.05) is 6.42 Å². The molecule has 19 nitrogen and oxygen atoms in total. The molecule has 0 aromatic carbocycles. The van der Waals surface area contributed by atoms with E-state index in [1.165, 1.54) is 83.5 Å². The van der Waals surface area contributed by atoms with Crippen LogP contribution in [0.2, 0.25) is 0 Å². The number of carbonyl (C=O) groups is 1. The van der Waals surface area contributed by atoms with Gasteiger partial charge in [0.25, 0.3) is 0 Å². The molecule has 3 aliphatic heterocycles. The minimum atomic E-state index is -1.97. The molecule has 3 heterocycles. The van der Waals surface area contributed by atoms with E-state index in [-0.39, 0.29) is 18.9 Å². The number of carbonyl (C=O) groups excluding carboxylic acids is 1. The number of hydrogen-bond donors (Lipinski definition) is 12. The van der Waals surface area contributed by atoms with Crippen molar-refractivity contribution >= 4 is 5.91 Å².